The first-order chi connectivity index (χ1) is 13.6. The van der Waals surface area contributed by atoms with Crippen molar-refractivity contribution >= 4 is 5.91 Å². The molecule has 2 fully saturated rings. The summed E-state index contributed by atoms with van der Waals surface area (Å²) >= 11 is 0. The van der Waals surface area contributed by atoms with Gasteiger partial charge in [0.25, 0.3) is 0 Å². The van der Waals surface area contributed by atoms with Crippen molar-refractivity contribution in [2.24, 2.45) is 11.8 Å². The van der Waals surface area contributed by atoms with Gasteiger partial charge in [-0.05, 0) is 37.5 Å². The van der Waals surface area contributed by atoms with E-state index in [9.17, 15) is 13.6 Å². The number of aromatic nitrogens is 2. The number of carbonyl (C=O) groups is 1. The van der Waals surface area contributed by atoms with Gasteiger partial charge in [0.15, 0.2) is 0 Å². The Morgan fingerprint density at radius 2 is 1.96 bits per heavy atom. The molecule has 0 N–H and O–H groups in total. The van der Waals surface area contributed by atoms with Crippen LogP contribution in [0.25, 0.3) is 11.3 Å². The molecule has 1 aromatic carbocycles. The molecule has 7 heteroatoms. The van der Waals surface area contributed by atoms with Crippen molar-refractivity contribution in [2.45, 2.75) is 31.6 Å². The third kappa shape index (κ3) is 3.70. The van der Waals surface area contributed by atoms with Crippen molar-refractivity contribution in [3.8, 4) is 17.0 Å². The minimum atomic E-state index is -2.39. The Hall–Kier alpha value is -2.57. The van der Waals surface area contributed by atoms with Crippen LogP contribution in [0.5, 0.6) is 5.75 Å². The van der Waals surface area contributed by atoms with Gasteiger partial charge in [-0.3, -0.25) is 4.79 Å². The van der Waals surface area contributed by atoms with E-state index in [1.807, 2.05) is 30.3 Å². The van der Waals surface area contributed by atoms with Crippen LogP contribution in [0.3, 0.4) is 0 Å². The summed E-state index contributed by atoms with van der Waals surface area (Å²) in [4.78, 5) is 23.3. The second kappa shape index (κ2) is 7.81. The quantitative estimate of drug-likeness (QED) is 0.784. The summed E-state index contributed by atoms with van der Waals surface area (Å²) in [5, 5.41) is 0. The molecule has 1 aliphatic heterocycles. The summed E-state index contributed by atoms with van der Waals surface area (Å²) in [7, 11) is 1.63. The Balaban J connectivity index is 1.42. The van der Waals surface area contributed by atoms with Crippen molar-refractivity contribution in [3.05, 3.63) is 42.4 Å². The smallest absolute Gasteiger partial charge is 0.242 e. The minimum absolute atomic E-state index is 0.118. The second-order valence-corrected chi connectivity index (χ2v) is 7.44. The monoisotopic (exact) mass is 387 g/mol. The Kier molecular flexibility index (Phi) is 5.24. The van der Waals surface area contributed by atoms with Gasteiger partial charge in [-0.1, -0.05) is 12.1 Å². The van der Waals surface area contributed by atoms with Crippen LogP contribution < -0.4 is 4.74 Å². The zero-order valence-electron chi connectivity index (χ0n) is 15.7. The van der Waals surface area contributed by atoms with Crippen LogP contribution in [-0.2, 0) is 4.79 Å². The van der Waals surface area contributed by atoms with Gasteiger partial charge in [0.05, 0.1) is 12.8 Å². The van der Waals surface area contributed by atoms with Gasteiger partial charge < -0.3 is 9.64 Å². The third-order valence-electron chi connectivity index (χ3n) is 5.71. The van der Waals surface area contributed by atoms with Gasteiger partial charge in [0.2, 0.25) is 12.3 Å². The molecule has 5 nitrogen and oxygen atoms in total. The molecule has 0 spiro atoms. The van der Waals surface area contributed by atoms with E-state index in [2.05, 4.69) is 4.98 Å². The zero-order valence-corrected chi connectivity index (χ0v) is 15.7. The number of halogens is 2. The van der Waals surface area contributed by atoms with Gasteiger partial charge in [0.1, 0.15) is 11.6 Å². The Bertz CT molecular complexity index is 853. The fourth-order valence-corrected chi connectivity index (χ4v) is 3.95. The first-order valence-electron chi connectivity index (χ1n) is 9.61. The van der Waals surface area contributed by atoms with E-state index in [0.29, 0.717) is 19.5 Å². The maximum atomic E-state index is 12.7. The highest BCUT2D eigenvalue weighted by molar-refractivity contribution is 5.81. The van der Waals surface area contributed by atoms with Crippen LogP contribution >= 0.6 is 0 Å². The maximum absolute atomic E-state index is 12.7. The third-order valence-corrected chi connectivity index (χ3v) is 5.71. The number of para-hydroxylation sites is 1. The van der Waals surface area contributed by atoms with Gasteiger partial charge in [-0.15, -0.1) is 0 Å². The maximum Gasteiger partial charge on any atom is 0.242 e. The van der Waals surface area contributed by atoms with Crippen LogP contribution in [0.15, 0.2) is 36.5 Å². The number of rotatable bonds is 5. The average Bonchev–Trinajstić information content (AvgIpc) is 3.55. The molecule has 1 aromatic heterocycles. The van der Waals surface area contributed by atoms with Crippen molar-refractivity contribution < 1.29 is 18.3 Å². The largest absolute Gasteiger partial charge is 0.496 e. The molecule has 0 bridgehead atoms. The van der Waals surface area contributed by atoms with E-state index in [1.54, 1.807) is 18.2 Å². The molecule has 0 radical (unpaired) electrons. The van der Waals surface area contributed by atoms with Crippen LogP contribution in [-0.4, -0.2) is 47.4 Å². The number of piperidine rings is 1. The van der Waals surface area contributed by atoms with E-state index in [0.717, 1.165) is 35.7 Å². The molecule has 2 heterocycles. The fraction of sp³-hybridized carbons (Fsp3) is 0.476. The first-order valence-corrected chi connectivity index (χ1v) is 9.61. The number of hydrogen-bond acceptors (Lipinski definition) is 4. The normalized spacial score (nSPS) is 22.4. The first kappa shape index (κ1) is 18.8. The van der Waals surface area contributed by atoms with E-state index >= 15 is 0 Å². The molecule has 4 rings (SSSR count). The molecule has 1 amide bonds. The van der Waals surface area contributed by atoms with Gasteiger partial charge in [-0.2, -0.15) is 0 Å². The lowest BCUT2D eigenvalue weighted by Crippen LogP contribution is -2.39. The summed E-state index contributed by atoms with van der Waals surface area (Å²) < 4.78 is 30.9. The lowest BCUT2D eigenvalue weighted by molar-refractivity contribution is -0.134. The summed E-state index contributed by atoms with van der Waals surface area (Å²) in [6.07, 6.45) is 1.16. The number of benzene rings is 1. The standard InChI is InChI=1S/C21H23F2N3O2/c1-28-18-5-3-2-4-14(18)17-6-9-24-20(25-17)13-7-10-26(11-8-13)21(27)16-12-15(16)19(22)23/h2-6,9,13,15-16,19H,7-8,10-12H2,1H3/t15-,16-/m0/s1. The number of hydrogen-bond donors (Lipinski definition) is 0. The topological polar surface area (TPSA) is 55.3 Å². The van der Waals surface area contributed by atoms with Crippen LogP contribution in [0, 0.1) is 11.8 Å². The molecule has 1 saturated carbocycles. The highest BCUT2D eigenvalue weighted by Gasteiger charge is 2.50. The van der Waals surface area contributed by atoms with Crippen molar-refractivity contribution in [3.63, 3.8) is 0 Å². The SMILES string of the molecule is COc1ccccc1-c1ccnc(C2CCN(C(=O)[C@H]3C[C@@H]3C(F)F)CC2)n1. The number of likely N-dealkylation sites (tertiary alicyclic amines) is 1. The number of amides is 1. The van der Waals surface area contributed by atoms with Gasteiger partial charge in [-0.25, -0.2) is 18.7 Å². The molecular formula is C21H23F2N3O2. The van der Waals surface area contributed by atoms with E-state index in [-0.39, 0.29) is 11.8 Å². The Morgan fingerprint density at radius 3 is 2.64 bits per heavy atom. The van der Waals surface area contributed by atoms with Gasteiger partial charge >= 0.3 is 0 Å². The minimum Gasteiger partial charge on any atom is -0.496 e. The highest BCUT2D eigenvalue weighted by atomic mass is 19.3. The summed E-state index contributed by atoms with van der Waals surface area (Å²) in [6, 6.07) is 9.56. The number of nitrogens with zero attached hydrogens (tertiary/aromatic N) is 3. The van der Waals surface area contributed by atoms with Crippen molar-refractivity contribution in [2.75, 3.05) is 20.2 Å². The summed E-state index contributed by atoms with van der Waals surface area (Å²) in [5.74, 6) is 0.321. The van der Waals surface area contributed by atoms with Gasteiger partial charge in [0, 0.05) is 42.6 Å². The van der Waals surface area contributed by atoms with Crippen LogP contribution in [0.4, 0.5) is 8.78 Å². The van der Waals surface area contributed by atoms with E-state index in [1.165, 1.54) is 0 Å². The number of methoxy groups -OCH3 is 1. The van der Waals surface area contributed by atoms with E-state index in [4.69, 9.17) is 9.72 Å². The van der Waals surface area contributed by atoms with Crippen molar-refractivity contribution in [1.82, 2.24) is 14.9 Å². The Labute approximate surface area is 162 Å². The predicted molar refractivity (Wildman–Crippen MR) is 100 cm³/mol. The zero-order chi connectivity index (χ0) is 19.7. The molecular weight excluding hydrogens is 364 g/mol. The Morgan fingerprint density at radius 1 is 1.21 bits per heavy atom. The van der Waals surface area contributed by atoms with Crippen LogP contribution in [0.2, 0.25) is 0 Å². The lowest BCUT2D eigenvalue weighted by Gasteiger charge is -2.31. The number of ether oxygens (including phenoxy) is 1. The summed E-state index contributed by atoms with van der Waals surface area (Å²) in [5.41, 5.74) is 1.71. The molecule has 2 aromatic rings. The number of alkyl halides is 2. The van der Waals surface area contributed by atoms with Crippen LogP contribution in [0.1, 0.15) is 31.0 Å². The molecule has 28 heavy (non-hydrogen) atoms. The molecule has 2 atom stereocenters. The second-order valence-electron chi connectivity index (χ2n) is 7.44. The molecule has 148 valence electrons. The number of carbonyl (C=O) groups excluding carboxylic acids is 1. The highest BCUT2D eigenvalue weighted by Crippen LogP contribution is 2.45. The predicted octanol–water partition coefficient (Wildman–Crippen LogP) is 3.76. The fourth-order valence-electron chi connectivity index (χ4n) is 3.95. The van der Waals surface area contributed by atoms with E-state index < -0.39 is 18.3 Å². The molecule has 0 unspecified atom stereocenters. The molecule has 1 aliphatic carbocycles. The van der Waals surface area contributed by atoms with Crippen molar-refractivity contribution in [1.29, 1.82) is 0 Å². The average molecular weight is 387 g/mol. The molecule has 2 aliphatic rings. The molecule has 1 saturated heterocycles. The summed E-state index contributed by atoms with van der Waals surface area (Å²) in [6.45, 7) is 1.14. The lowest BCUT2D eigenvalue weighted by atomic mass is 9.95.